The van der Waals surface area contributed by atoms with Crippen molar-refractivity contribution in [1.29, 1.82) is 0 Å². The van der Waals surface area contributed by atoms with E-state index in [0.29, 0.717) is 44.8 Å². The van der Waals surface area contributed by atoms with Gasteiger partial charge in [0.1, 0.15) is 12.6 Å². The fourth-order valence-corrected chi connectivity index (χ4v) is 6.44. The number of carbonyl (C=O) groups is 2. The van der Waals surface area contributed by atoms with Crippen LogP contribution in [0.3, 0.4) is 0 Å². The Hall–Kier alpha value is -2.78. The summed E-state index contributed by atoms with van der Waals surface area (Å²) in [7, 11) is -4.17. The molecule has 3 aromatic carbocycles. The average molecular weight is 639 g/mol. The maximum atomic E-state index is 14.1. The van der Waals surface area contributed by atoms with Gasteiger partial charge in [0.05, 0.1) is 20.6 Å². The maximum absolute atomic E-state index is 14.1. The van der Waals surface area contributed by atoms with E-state index in [1.54, 1.807) is 68.4 Å². The van der Waals surface area contributed by atoms with E-state index >= 15 is 0 Å². The standard InChI is InChI=1S/C30H34Cl3N3O4S/c1-4-6-16-34-30(38)27(5-2)35(19-22-12-14-25(32)26(33)18-22)29(37)20-36(28-15-13-23(31)17-21(28)3)41(39,40)24-10-8-7-9-11-24/h7-15,17-18,27H,4-6,16,19-20H2,1-3H3,(H,34,38)/t27-/m1/s1. The quantitative estimate of drug-likeness (QED) is 0.207. The lowest BCUT2D eigenvalue weighted by molar-refractivity contribution is -0.140. The third-order valence-corrected chi connectivity index (χ3v) is 9.34. The fraction of sp³-hybridized carbons (Fsp3) is 0.333. The molecule has 0 saturated carbocycles. The van der Waals surface area contributed by atoms with Crippen LogP contribution in [0.25, 0.3) is 0 Å². The Morgan fingerprint density at radius 3 is 2.24 bits per heavy atom. The van der Waals surface area contributed by atoms with Crippen molar-refractivity contribution in [3.63, 3.8) is 0 Å². The van der Waals surface area contributed by atoms with Crippen LogP contribution < -0.4 is 9.62 Å². The Bertz CT molecular complexity index is 1470. The van der Waals surface area contributed by atoms with E-state index in [-0.39, 0.29) is 17.3 Å². The average Bonchev–Trinajstić information content (AvgIpc) is 2.94. The number of nitrogens with one attached hydrogen (secondary N) is 1. The van der Waals surface area contributed by atoms with Crippen LogP contribution in [0.4, 0.5) is 5.69 Å². The van der Waals surface area contributed by atoms with Crippen LogP contribution in [-0.4, -0.2) is 44.3 Å². The van der Waals surface area contributed by atoms with E-state index in [9.17, 15) is 18.0 Å². The highest BCUT2D eigenvalue weighted by molar-refractivity contribution is 7.92. The Labute approximate surface area is 257 Å². The van der Waals surface area contributed by atoms with Crippen molar-refractivity contribution < 1.29 is 18.0 Å². The van der Waals surface area contributed by atoms with Crippen LogP contribution >= 0.6 is 34.8 Å². The summed E-state index contributed by atoms with van der Waals surface area (Å²) in [4.78, 5) is 28.8. The molecule has 0 unspecified atom stereocenters. The highest BCUT2D eigenvalue weighted by Crippen LogP contribution is 2.30. The van der Waals surface area contributed by atoms with Gasteiger partial charge >= 0.3 is 0 Å². The van der Waals surface area contributed by atoms with Gasteiger partial charge in [0, 0.05) is 18.1 Å². The molecule has 220 valence electrons. The van der Waals surface area contributed by atoms with Crippen LogP contribution in [0, 0.1) is 6.92 Å². The van der Waals surface area contributed by atoms with Crippen molar-refractivity contribution in [2.75, 3.05) is 17.4 Å². The molecular formula is C30H34Cl3N3O4S. The highest BCUT2D eigenvalue weighted by Gasteiger charge is 2.34. The number of anilines is 1. The van der Waals surface area contributed by atoms with E-state index in [1.165, 1.54) is 17.0 Å². The number of hydrogen-bond acceptors (Lipinski definition) is 4. The molecule has 0 aliphatic rings. The Kier molecular flexibility index (Phi) is 11.9. The number of aryl methyl sites for hydroxylation is 1. The SMILES string of the molecule is CCCCNC(=O)[C@@H](CC)N(Cc1ccc(Cl)c(Cl)c1)C(=O)CN(c1ccc(Cl)cc1C)S(=O)(=O)c1ccccc1. The monoisotopic (exact) mass is 637 g/mol. The summed E-state index contributed by atoms with van der Waals surface area (Å²) in [5.74, 6) is -0.864. The second-order valence-electron chi connectivity index (χ2n) is 9.59. The largest absolute Gasteiger partial charge is 0.354 e. The van der Waals surface area contributed by atoms with Gasteiger partial charge in [-0.25, -0.2) is 8.42 Å². The molecule has 3 rings (SSSR count). The van der Waals surface area contributed by atoms with E-state index in [0.717, 1.165) is 17.1 Å². The van der Waals surface area contributed by atoms with E-state index < -0.39 is 28.5 Å². The Balaban J connectivity index is 2.07. The minimum Gasteiger partial charge on any atom is -0.354 e. The van der Waals surface area contributed by atoms with Crippen LogP contribution in [0.2, 0.25) is 15.1 Å². The van der Waals surface area contributed by atoms with Gasteiger partial charge in [-0.15, -0.1) is 0 Å². The molecule has 2 amide bonds. The number of benzene rings is 3. The van der Waals surface area contributed by atoms with E-state index in [2.05, 4.69) is 5.32 Å². The first-order valence-electron chi connectivity index (χ1n) is 13.3. The molecule has 1 N–H and O–H groups in total. The van der Waals surface area contributed by atoms with Gasteiger partial charge in [-0.3, -0.25) is 13.9 Å². The molecular weight excluding hydrogens is 605 g/mol. The molecule has 0 aromatic heterocycles. The first-order valence-corrected chi connectivity index (χ1v) is 15.9. The molecule has 3 aromatic rings. The molecule has 0 aliphatic heterocycles. The fourth-order valence-electron chi connectivity index (χ4n) is 4.39. The van der Waals surface area contributed by atoms with E-state index in [1.807, 2.05) is 6.92 Å². The van der Waals surface area contributed by atoms with Gasteiger partial charge in [-0.05, 0) is 73.4 Å². The summed E-state index contributed by atoms with van der Waals surface area (Å²) in [6.07, 6.45) is 2.01. The number of amides is 2. The molecule has 0 heterocycles. The summed E-state index contributed by atoms with van der Waals surface area (Å²) in [6.45, 7) is 5.50. The smallest absolute Gasteiger partial charge is 0.264 e. The first kappa shape index (κ1) is 32.7. The summed E-state index contributed by atoms with van der Waals surface area (Å²) < 4.78 is 28.9. The highest BCUT2D eigenvalue weighted by atomic mass is 35.5. The number of carbonyl (C=O) groups excluding carboxylic acids is 2. The van der Waals surface area contributed by atoms with Gasteiger partial charge in [-0.1, -0.05) is 79.3 Å². The first-order chi connectivity index (χ1) is 19.5. The van der Waals surface area contributed by atoms with Gasteiger partial charge in [0.25, 0.3) is 10.0 Å². The van der Waals surface area contributed by atoms with Crippen molar-refractivity contribution in [1.82, 2.24) is 10.2 Å². The zero-order valence-electron chi connectivity index (χ0n) is 23.2. The number of halogens is 3. The number of sulfonamides is 1. The number of hydrogen-bond donors (Lipinski definition) is 1. The van der Waals surface area contributed by atoms with Crippen LogP contribution in [0.1, 0.15) is 44.2 Å². The summed E-state index contributed by atoms with van der Waals surface area (Å²) in [5, 5.41) is 4.01. The second-order valence-corrected chi connectivity index (χ2v) is 12.7. The van der Waals surface area contributed by atoms with Crippen LogP contribution in [0.5, 0.6) is 0 Å². The third-order valence-electron chi connectivity index (χ3n) is 6.59. The van der Waals surface area contributed by atoms with Crippen molar-refractivity contribution >= 4 is 62.3 Å². The zero-order chi connectivity index (χ0) is 30.2. The van der Waals surface area contributed by atoms with Crippen LogP contribution in [-0.2, 0) is 26.2 Å². The van der Waals surface area contributed by atoms with E-state index in [4.69, 9.17) is 34.8 Å². The lowest BCUT2D eigenvalue weighted by Gasteiger charge is -2.33. The molecule has 1 atom stereocenters. The van der Waals surface area contributed by atoms with Crippen LogP contribution in [0.15, 0.2) is 71.6 Å². The molecule has 7 nitrogen and oxygen atoms in total. The number of rotatable bonds is 13. The zero-order valence-corrected chi connectivity index (χ0v) is 26.3. The molecule has 41 heavy (non-hydrogen) atoms. The molecule has 0 fully saturated rings. The Morgan fingerprint density at radius 2 is 1.63 bits per heavy atom. The topological polar surface area (TPSA) is 86.8 Å². The van der Waals surface area contributed by atoms with Crippen molar-refractivity contribution in [3.05, 3.63) is 92.9 Å². The van der Waals surface area contributed by atoms with Crippen molar-refractivity contribution in [2.45, 2.75) is 57.5 Å². The molecule has 0 bridgehead atoms. The van der Waals surface area contributed by atoms with Gasteiger partial charge in [0.2, 0.25) is 11.8 Å². The summed E-state index contributed by atoms with van der Waals surface area (Å²) in [5.41, 5.74) is 1.53. The minimum atomic E-state index is -4.17. The lowest BCUT2D eigenvalue weighted by Crippen LogP contribution is -2.52. The third kappa shape index (κ3) is 8.38. The maximum Gasteiger partial charge on any atom is 0.264 e. The minimum absolute atomic E-state index is 0.0221. The van der Waals surface area contributed by atoms with Crippen molar-refractivity contribution in [2.24, 2.45) is 0 Å². The number of unbranched alkanes of at least 4 members (excludes halogenated alkanes) is 1. The summed E-state index contributed by atoms with van der Waals surface area (Å²) in [6, 6.07) is 16.8. The summed E-state index contributed by atoms with van der Waals surface area (Å²) >= 11 is 18.5. The van der Waals surface area contributed by atoms with Gasteiger partial charge < -0.3 is 10.2 Å². The molecule has 0 spiro atoms. The second kappa shape index (κ2) is 14.9. The molecule has 11 heteroatoms. The predicted molar refractivity (Wildman–Crippen MR) is 166 cm³/mol. The van der Waals surface area contributed by atoms with Crippen molar-refractivity contribution in [3.8, 4) is 0 Å². The number of nitrogens with zero attached hydrogens (tertiary/aromatic N) is 2. The lowest BCUT2D eigenvalue weighted by atomic mass is 10.1. The molecule has 0 radical (unpaired) electrons. The molecule has 0 aliphatic carbocycles. The Morgan fingerprint density at radius 1 is 0.927 bits per heavy atom. The normalized spacial score (nSPS) is 12.0. The predicted octanol–water partition coefficient (Wildman–Crippen LogP) is 6.87. The molecule has 0 saturated heterocycles. The van der Waals surface area contributed by atoms with Gasteiger partial charge in [0.15, 0.2) is 0 Å². The van der Waals surface area contributed by atoms with Gasteiger partial charge in [-0.2, -0.15) is 0 Å².